The summed E-state index contributed by atoms with van der Waals surface area (Å²) < 4.78 is 109. The lowest BCUT2D eigenvalue weighted by atomic mass is 10.0. The van der Waals surface area contributed by atoms with Crippen LogP contribution in [0.15, 0.2) is 0 Å². The highest BCUT2D eigenvalue weighted by Crippen LogP contribution is 2.56. The van der Waals surface area contributed by atoms with E-state index >= 15 is 0 Å². The number of amides is 6. The fourth-order valence-corrected chi connectivity index (χ4v) is 9.05. The second kappa shape index (κ2) is 39.1. The van der Waals surface area contributed by atoms with Crippen LogP contribution in [0.3, 0.4) is 0 Å². The highest BCUT2D eigenvalue weighted by molar-refractivity contribution is 8.18. The van der Waals surface area contributed by atoms with Gasteiger partial charge in [0, 0.05) is 113 Å². The summed E-state index contributed by atoms with van der Waals surface area (Å²) in [5.41, 5.74) is 10.4. The van der Waals surface area contributed by atoms with Gasteiger partial charge in [-0.1, -0.05) is 28.2 Å². The Morgan fingerprint density at radius 3 is 1.19 bits per heavy atom. The predicted molar refractivity (Wildman–Crippen MR) is 276 cm³/mol. The molecule has 0 aliphatic carbocycles. The van der Waals surface area contributed by atoms with Crippen molar-refractivity contribution < 1.29 is 81.7 Å². The van der Waals surface area contributed by atoms with Crippen LogP contribution in [-0.2, 0) is 52.5 Å². The van der Waals surface area contributed by atoms with E-state index in [1.807, 2.05) is 13.8 Å². The minimum Gasteiger partial charge on any atom is -0.383 e. The molecule has 3 saturated heterocycles. The molecule has 75 heavy (non-hydrogen) atoms. The third-order valence-corrected chi connectivity index (χ3v) is 12.6. The van der Waals surface area contributed by atoms with Crippen LogP contribution in [0.25, 0.3) is 0 Å². The zero-order chi connectivity index (χ0) is 57.6. The van der Waals surface area contributed by atoms with Crippen molar-refractivity contribution >= 4 is 75.8 Å². The van der Waals surface area contributed by atoms with Crippen molar-refractivity contribution in [3.05, 3.63) is 0 Å². The second-order valence-corrected chi connectivity index (χ2v) is 20.2. The SMILES string of the molecule is C.CCC(C(=O)N(CCOC)CCOC)N1C[C@H](CC(C)(F)F)CC1=O.CCC(C(N)=O)N1C[C@H](CC(C)(F)F)CC1=O.CC[C@@H](C(N)=O)N1C[C@H](CC(C)=O)CC1=O.COCCN(CCOC)S(F)(F)F.ClCCl. The molecule has 0 radical (unpaired) electrons. The van der Waals surface area contributed by atoms with Gasteiger partial charge < -0.3 is 54.8 Å². The van der Waals surface area contributed by atoms with Crippen molar-refractivity contribution in [3.8, 4) is 0 Å². The molecule has 6 amide bonds. The zero-order valence-corrected chi connectivity index (χ0v) is 46.8. The number of rotatable bonds is 28. The van der Waals surface area contributed by atoms with Crippen LogP contribution in [0.4, 0.5) is 29.2 Å². The number of likely N-dealkylation sites (tertiary alicyclic amines) is 3. The van der Waals surface area contributed by atoms with Crippen LogP contribution in [0.5, 0.6) is 0 Å². The number of alkyl halides is 6. The van der Waals surface area contributed by atoms with Crippen LogP contribution in [0, 0.1) is 17.8 Å². The van der Waals surface area contributed by atoms with E-state index in [1.54, 1.807) is 26.0 Å². The van der Waals surface area contributed by atoms with Gasteiger partial charge in [0.25, 0.3) is 11.4 Å². The number of hydrogen-bond acceptors (Lipinski definition) is 12. The summed E-state index contributed by atoms with van der Waals surface area (Å²) in [6, 6.07) is -1.82. The molecule has 3 fully saturated rings. The van der Waals surface area contributed by atoms with E-state index in [2.05, 4.69) is 9.47 Å². The summed E-state index contributed by atoms with van der Waals surface area (Å²) in [7, 11) is 5.85. The normalized spacial score (nSPS) is 19.0. The number of methoxy groups -OCH3 is 4. The minimum atomic E-state index is -5.14. The molecule has 0 bridgehead atoms. The summed E-state index contributed by atoms with van der Waals surface area (Å²) >= 11 is 4.39. The lowest BCUT2D eigenvalue weighted by Gasteiger charge is -2.32. The number of hydrogen-bond donors (Lipinski definition) is 2. The number of nitrogens with two attached hydrogens (primary N) is 2. The molecule has 4 N–H and O–H groups in total. The first-order valence-corrected chi connectivity index (χ1v) is 26.5. The minimum absolute atomic E-state index is 0. The number of halogens is 9. The van der Waals surface area contributed by atoms with Crippen molar-refractivity contribution in [3.63, 3.8) is 0 Å². The first-order valence-electron chi connectivity index (χ1n) is 24.1. The molecule has 0 aromatic carbocycles. The summed E-state index contributed by atoms with van der Waals surface area (Å²) in [6.45, 7) is 10.9. The molecule has 444 valence electrons. The topological polar surface area (TPSA) is 225 Å². The van der Waals surface area contributed by atoms with Crippen LogP contribution >= 0.6 is 34.6 Å². The molecule has 18 nitrogen and oxygen atoms in total. The third-order valence-electron chi connectivity index (χ3n) is 11.6. The largest absolute Gasteiger partial charge is 0.383 e. The maximum atomic E-state index is 13.2. The van der Waals surface area contributed by atoms with Crippen LogP contribution in [0.1, 0.15) is 107 Å². The van der Waals surface area contributed by atoms with Crippen LogP contribution in [-0.4, -0.2) is 201 Å². The number of ketones is 1. The van der Waals surface area contributed by atoms with Gasteiger partial charge in [0.2, 0.25) is 47.3 Å². The summed E-state index contributed by atoms with van der Waals surface area (Å²) in [5, 5.41) is 0.194. The maximum absolute atomic E-state index is 13.2. The Morgan fingerprint density at radius 1 is 0.627 bits per heavy atom. The van der Waals surface area contributed by atoms with Gasteiger partial charge in [0.1, 0.15) is 23.9 Å². The summed E-state index contributed by atoms with van der Waals surface area (Å²) in [5.74, 6) is -8.08. The van der Waals surface area contributed by atoms with E-state index < -0.39 is 65.0 Å². The molecule has 0 saturated carbocycles. The molecule has 3 aliphatic rings. The maximum Gasteiger partial charge on any atom is 0.278 e. The van der Waals surface area contributed by atoms with Gasteiger partial charge in [-0.05, 0) is 57.8 Å². The summed E-state index contributed by atoms with van der Waals surface area (Å²) in [4.78, 5) is 87.7. The molecule has 3 rings (SSSR count). The molecule has 0 aromatic heterocycles. The number of nitrogens with zero attached hydrogens (tertiary/aromatic N) is 5. The number of primary amides is 2. The summed E-state index contributed by atoms with van der Waals surface area (Å²) in [6.07, 6.45) is 1.61. The highest BCUT2D eigenvalue weighted by atomic mass is 35.5. The quantitative estimate of drug-likeness (QED) is 0.0596. The predicted octanol–water partition coefficient (Wildman–Crippen LogP) is 7.01. The van der Waals surface area contributed by atoms with E-state index in [0.29, 0.717) is 69.3 Å². The lowest BCUT2D eigenvalue weighted by Crippen LogP contribution is -2.50. The van der Waals surface area contributed by atoms with Crippen molar-refractivity contribution in [2.75, 3.05) is 106 Å². The van der Waals surface area contributed by atoms with E-state index in [-0.39, 0.29) is 113 Å². The van der Waals surface area contributed by atoms with Gasteiger partial charge in [-0.3, -0.25) is 28.8 Å². The first-order chi connectivity index (χ1) is 34.4. The molecule has 0 aromatic rings. The number of carbonyl (C=O) groups is 7. The molecule has 3 aliphatic heterocycles. The second-order valence-electron chi connectivity index (χ2n) is 18.1. The smallest absolute Gasteiger partial charge is 0.278 e. The molecular weight excluding hydrogens is 1070 g/mol. The molecule has 3 heterocycles. The van der Waals surface area contributed by atoms with E-state index in [1.165, 1.54) is 35.8 Å². The van der Waals surface area contributed by atoms with Crippen LogP contribution in [0.2, 0.25) is 0 Å². The fourth-order valence-electron chi connectivity index (χ4n) is 8.49. The van der Waals surface area contributed by atoms with E-state index in [9.17, 15) is 62.8 Å². The van der Waals surface area contributed by atoms with E-state index in [0.717, 1.165) is 13.8 Å². The first kappa shape index (κ1) is 76.0. The average molecular weight is 1160 g/mol. The van der Waals surface area contributed by atoms with Gasteiger partial charge >= 0.3 is 0 Å². The van der Waals surface area contributed by atoms with Crippen molar-refractivity contribution in [1.82, 2.24) is 23.9 Å². The molecular formula is C47H86Cl2F7N7O11S. The Labute approximate surface area is 451 Å². The van der Waals surface area contributed by atoms with Gasteiger partial charge in [-0.15, -0.1) is 34.9 Å². The van der Waals surface area contributed by atoms with Crippen LogP contribution < -0.4 is 11.5 Å². The Kier molecular flexibility index (Phi) is 39.6. The fraction of sp³-hybridized carbons (Fsp3) is 0.851. The highest BCUT2D eigenvalue weighted by Gasteiger charge is 2.42. The molecule has 2 unspecified atom stereocenters. The van der Waals surface area contributed by atoms with Crippen molar-refractivity contribution in [2.24, 2.45) is 29.2 Å². The van der Waals surface area contributed by atoms with Gasteiger partial charge in [-0.2, -0.15) is 4.31 Å². The van der Waals surface area contributed by atoms with Crippen molar-refractivity contribution in [1.29, 1.82) is 0 Å². The van der Waals surface area contributed by atoms with Gasteiger partial charge in [-0.25, -0.2) is 17.6 Å². The zero-order valence-electron chi connectivity index (χ0n) is 44.5. The Morgan fingerprint density at radius 2 is 0.920 bits per heavy atom. The lowest BCUT2D eigenvalue weighted by molar-refractivity contribution is -0.144. The number of carbonyl (C=O) groups excluding carboxylic acids is 7. The third kappa shape index (κ3) is 31.7. The van der Waals surface area contributed by atoms with Gasteiger partial charge in [0.05, 0.1) is 31.8 Å². The average Bonchev–Trinajstić information content (AvgIpc) is 3.94. The Hall–Kier alpha value is -3.27. The monoisotopic (exact) mass is 1160 g/mol. The molecule has 6 atom stereocenters. The number of ether oxygens (including phenoxy) is 4. The van der Waals surface area contributed by atoms with Crippen molar-refractivity contribution in [2.45, 2.75) is 137 Å². The van der Waals surface area contributed by atoms with E-state index in [4.69, 9.17) is 44.1 Å². The Bertz CT molecular complexity index is 1680. The number of Topliss-reactive ketones (excluding diaryl/α,β-unsaturated/α-hetero) is 1. The van der Waals surface area contributed by atoms with Gasteiger partial charge in [0.15, 0.2) is 0 Å². The molecule has 28 heteroatoms. The standard InChI is InChI=1S/C17H30F2N2O4.C11H18F2N2O2.C11H18N2O3.C6H14F3NO2S.CH2Cl2.CH4/c1-5-14(16(23)20(6-8-24-3)7-9-25-4)21-12-13(10-15(21)22)11-17(2,18)19;1-3-8(10(14)17)15-6-7(4-9(15)16)5-11(2,12)13;1-3-9(11(12)16)13-6-8(4-7(2)14)5-10(13)15;1-11-5-3-10(4-6-12-2)13(7,8)9;2-1-3;/h13-14H,5-12H2,1-4H3;7-8H,3-6H2,1-2H3,(H2,14,17);8-9H,3-6H2,1-2H3,(H2,12,16);3-6H2,1-2H3;1H2;1H4/t13-,14?;7-,8?;8-,9+;;;/m001.../s1. The Balaban J connectivity index is -0.000000926. The molecule has 0 spiro atoms.